The van der Waals surface area contributed by atoms with Gasteiger partial charge < -0.3 is 25.4 Å². The number of aromatic hydroxyl groups is 2. The van der Waals surface area contributed by atoms with Crippen LogP contribution < -0.4 is 19.8 Å². The van der Waals surface area contributed by atoms with Crippen LogP contribution in [-0.4, -0.2) is 31.0 Å². The van der Waals surface area contributed by atoms with Crippen molar-refractivity contribution < 1.29 is 24.3 Å². The summed E-state index contributed by atoms with van der Waals surface area (Å²) in [5.74, 6) is 0.522. The topological polar surface area (TPSA) is 88.8 Å². The molecule has 2 aromatic carbocycles. The third-order valence-corrected chi connectivity index (χ3v) is 4.37. The van der Waals surface area contributed by atoms with Gasteiger partial charge in [-0.15, -0.1) is 0 Å². The lowest BCUT2D eigenvalue weighted by atomic mass is 10.1. The van der Waals surface area contributed by atoms with Gasteiger partial charge in [-0.25, -0.2) is 0 Å². The highest BCUT2D eigenvalue weighted by Gasteiger charge is 2.14. The van der Waals surface area contributed by atoms with E-state index >= 15 is 0 Å². The zero-order valence-electron chi connectivity index (χ0n) is 15.3. The number of benzene rings is 2. The van der Waals surface area contributed by atoms with Crippen molar-refractivity contribution >= 4 is 23.1 Å². The van der Waals surface area contributed by atoms with Crippen LogP contribution in [0.15, 0.2) is 42.5 Å². The van der Waals surface area contributed by atoms with Gasteiger partial charge in [0.1, 0.15) is 5.75 Å². The van der Waals surface area contributed by atoms with Gasteiger partial charge in [-0.1, -0.05) is 0 Å². The molecule has 140 valence electrons. The summed E-state index contributed by atoms with van der Waals surface area (Å²) >= 11 is 0. The minimum absolute atomic E-state index is 0.218. The van der Waals surface area contributed by atoms with E-state index in [1.165, 1.54) is 13.2 Å². The number of rotatable bonds is 6. The van der Waals surface area contributed by atoms with Crippen molar-refractivity contribution in [1.29, 1.82) is 0 Å². The number of fused-ring (bicyclic) bond motifs is 1. The molecule has 6 heteroatoms. The first-order valence-corrected chi connectivity index (χ1v) is 8.56. The van der Waals surface area contributed by atoms with E-state index < -0.39 is 0 Å². The van der Waals surface area contributed by atoms with Gasteiger partial charge >= 0.3 is 0 Å². The van der Waals surface area contributed by atoms with Crippen LogP contribution in [0, 0.1) is 0 Å². The first-order valence-electron chi connectivity index (χ1n) is 8.56. The number of methoxy groups -OCH3 is 2. The minimum atomic E-state index is -0.271. The Balaban J connectivity index is 2.05. The van der Waals surface area contributed by atoms with Crippen LogP contribution in [0.25, 0.3) is 23.1 Å². The molecule has 0 atom stereocenters. The summed E-state index contributed by atoms with van der Waals surface area (Å²) < 4.78 is 12.5. The van der Waals surface area contributed by atoms with Crippen molar-refractivity contribution in [3.63, 3.8) is 0 Å². The van der Waals surface area contributed by atoms with Gasteiger partial charge in [0.15, 0.2) is 18.0 Å². The Morgan fingerprint density at radius 1 is 1.00 bits per heavy atom. The van der Waals surface area contributed by atoms with Crippen molar-refractivity contribution in [3.8, 4) is 23.0 Å². The van der Waals surface area contributed by atoms with Crippen molar-refractivity contribution in [3.05, 3.63) is 53.7 Å². The van der Waals surface area contributed by atoms with E-state index in [-0.39, 0.29) is 17.2 Å². The number of pyridine rings is 1. The van der Waals surface area contributed by atoms with E-state index in [0.717, 1.165) is 22.3 Å². The van der Waals surface area contributed by atoms with Crippen LogP contribution in [0.4, 0.5) is 0 Å². The Kier molecular flexibility index (Phi) is 5.47. The molecule has 1 aromatic heterocycles. The quantitative estimate of drug-likeness (QED) is 0.460. The lowest BCUT2D eigenvalue weighted by Crippen LogP contribution is -2.41. The van der Waals surface area contributed by atoms with Crippen LogP contribution >= 0.6 is 0 Å². The van der Waals surface area contributed by atoms with Gasteiger partial charge in [-0.05, 0) is 42.0 Å². The van der Waals surface area contributed by atoms with Crippen molar-refractivity contribution in [1.82, 2.24) is 0 Å². The monoisotopic (exact) mass is 367 g/mol. The maximum absolute atomic E-state index is 9.84. The molecular weight excluding hydrogens is 344 g/mol. The van der Waals surface area contributed by atoms with Gasteiger partial charge in [0.25, 0.3) is 0 Å². The SMILES string of the molecule is COc1ccc2c(ccc(/C=C/c3cc(O)c(O)c(OC)c3)[n+]2CCN)c1. The molecular formula is C21H23N2O4+. The van der Waals surface area contributed by atoms with Gasteiger partial charge in [-0.3, -0.25) is 0 Å². The molecule has 4 N–H and O–H groups in total. The summed E-state index contributed by atoms with van der Waals surface area (Å²) in [5.41, 5.74) is 8.53. The van der Waals surface area contributed by atoms with Crippen molar-refractivity contribution in [2.24, 2.45) is 5.73 Å². The molecule has 0 saturated carbocycles. The Bertz CT molecular complexity index is 999. The molecule has 3 aromatic rings. The highest BCUT2D eigenvalue weighted by Crippen LogP contribution is 2.36. The first-order chi connectivity index (χ1) is 13.1. The van der Waals surface area contributed by atoms with E-state index in [0.29, 0.717) is 18.7 Å². The second-order valence-corrected chi connectivity index (χ2v) is 6.05. The van der Waals surface area contributed by atoms with Crippen LogP contribution in [-0.2, 0) is 6.54 Å². The molecule has 0 amide bonds. The molecule has 0 spiro atoms. The fourth-order valence-corrected chi connectivity index (χ4v) is 3.01. The largest absolute Gasteiger partial charge is 0.504 e. The molecule has 0 fully saturated rings. The van der Waals surface area contributed by atoms with Crippen LogP contribution in [0.2, 0.25) is 0 Å². The summed E-state index contributed by atoms with van der Waals surface area (Å²) in [4.78, 5) is 0. The van der Waals surface area contributed by atoms with Crippen LogP contribution in [0.3, 0.4) is 0 Å². The van der Waals surface area contributed by atoms with Crippen LogP contribution in [0.5, 0.6) is 23.0 Å². The fraction of sp³-hybridized carbons (Fsp3) is 0.190. The number of hydrogen-bond donors (Lipinski definition) is 3. The molecule has 6 nitrogen and oxygen atoms in total. The van der Waals surface area contributed by atoms with Gasteiger partial charge in [-0.2, -0.15) is 4.57 Å². The Morgan fingerprint density at radius 3 is 2.52 bits per heavy atom. The van der Waals surface area contributed by atoms with E-state index in [2.05, 4.69) is 4.57 Å². The summed E-state index contributed by atoms with van der Waals surface area (Å²) in [7, 11) is 3.09. The Morgan fingerprint density at radius 2 is 1.81 bits per heavy atom. The van der Waals surface area contributed by atoms with E-state index in [1.807, 2.05) is 42.5 Å². The van der Waals surface area contributed by atoms with Gasteiger partial charge in [0.05, 0.1) is 26.2 Å². The lowest BCUT2D eigenvalue weighted by Gasteiger charge is -2.07. The molecule has 0 aliphatic heterocycles. The maximum atomic E-state index is 9.84. The number of nitrogens with two attached hydrogens (primary N) is 1. The number of nitrogens with zero attached hydrogens (tertiary/aromatic N) is 1. The number of aromatic nitrogens is 1. The molecule has 0 saturated heterocycles. The van der Waals surface area contributed by atoms with Gasteiger partial charge in [0.2, 0.25) is 17.0 Å². The average molecular weight is 367 g/mol. The predicted molar refractivity (Wildman–Crippen MR) is 105 cm³/mol. The lowest BCUT2D eigenvalue weighted by molar-refractivity contribution is -0.670. The highest BCUT2D eigenvalue weighted by atomic mass is 16.5. The normalized spacial score (nSPS) is 11.2. The number of phenolic OH excluding ortho intramolecular Hbond substituents is 2. The smallest absolute Gasteiger partial charge is 0.213 e. The summed E-state index contributed by atoms with van der Waals surface area (Å²) in [5, 5.41) is 20.7. The summed E-state index contributed by atoms with van der Waals surface area (Å²) in [6, 6.07) is 13.1. The highest BCUT2D eigenvalue weighted by molar-refractivity contribution is 5.79. The Labute approximate surface area is 157 Å². The standard InChI is InChI=1S/C21H22N2O4/c1-26-17-7-8-18-15(13-17)4-6-16(23(18)10-9-22)5-3-14-11-19(24)21(25)20(12-14)27-2/h3-8,11-13,24H,9-10,22H2,1-2H3/p+1. The van der Waals surface area contributed by atoms with Crippen molar-refractivity contribution in [2.75, 3.05) is 20.8 Å². The summed E-state index contributed by atoms with van der Waals surface area (Å²) in [6.45, 7) is 1.16. The predicted octanol–water partition coefficient (Wildman–Crippen LogP) is 2.68. The Hall–Kier alpha value is -3.25. The molecule has 0 aliphatic carbocycles. The fourth-order valence-electron chi connectivity index (χ4n) is 3.01. The molecule has 0 aliphatic rings. The first kappa shape index (κ1) is 18.5. The second-order valence-electron chi connectivity index (χ2n) is 6.05. The number of ether oxygens (including phenoxy) is 2. The van der Waals surface area contributed by atoms with E-state index in [1.54, 1.807) is 13.2 Å². The second kappa shape index (κ2) is 7.97. The third kappa shape index (κ3) is 3.80. The van der Waals surface area contributed by atoms with E-state index in [4.69, 9.17) is 15.2 Å². The maximum Gasteiger partial charge on any atom is 0.213 e. The summed E-state index contributed by atoms with van der Waals surface area (Å²) in [6.07, 6.45) is 3.78. The third-order valence-electron chi connectivity index (χ3n) is 4.37. The molecule has 0 unspecified atom stereocenters. The molecule has 3 rings (SSSR count). The van der Waals surface area contributed by atoms with Gasteiger partial charge in [0, 0.05) is 18.2 Å². The van der Waals surface area contributed by atoms with Crippen molar-refractivity contribution in [2.45, 2.75) is 6.54 Å². The molecule has 1 heterocycles. The molecule has 27 heavy (non-hydrogen) atoms. The van der Waals surface area contributed by atoms with Crippen LogP contribution in [0.1, 0.15) is 11.3 Å². The number of hydrogen-bond acceptors (Lipinski definition) is 5. The zero-order chi connectivity index (χ0) is 19.4. The average Bonchev–Trinajstić information content (AvgIpc) is 2.69. The zero-order valence-corrected chi connectivity index (χ0v) is 15.3. The molecule has 0 radical (unpaired) electrons. The van der Waals surface area contributed by atoms with E-state index in [9.17, 15) is 10.2 Å². The minimum Gasteiger partial charge on any atom is -0.504 e. The number of phenols is 2. The molecule has 0 bridgehead atoms.